The van der Waals surface area contributed by atoms with Gasteiger partial charge in [0.05, 0.1) is 4.97 Å². The lowest BCUT2D eigenvalue weighted by Gasteiger charge is -2.28. The molecule has 0 saturated heterocycles. The summed E-state index contributed by atoms with van der Waals surface area (Å²) in [5.74, 6) is 0. The molecule has 0 rings (SSSR count). The van der Waals surface area contributed by atoms with Gasteiger partial charge in [0.25, 0.3) is 0 Å². The van der Waals surface area contributed by atoms with Gasteiger partial charge in [0.1, 0.15) is 21.3 Å². The monoisotopic (exact) mass is 208 g/mol. The van der Waals surface area contributed by atoms with Crippen molar-refractivity contribution in [3.63, 3.8) is 0 Å². The molecule has 13 heavy (non-hydrogen) atoms. The van der Waals surface area contributed by atoms with Crippen LogP contribution in [0.3, 0.4) is 0 Å². The minimum atomic E-state index is -0.189. The molecule has 0 heterocycles. The summed E-state index contributed by atoms with van der Waals surface area (Å²) < 4.78 is 0. The lowest BCUT2D eigenvalue weighted by molar-refractivity contribution is -1.36. The molecule has 0 fully saturated rings. The predicted octanol–water partition coefficient (Wildman–Crippen LogP) is 0.441. The van der Waals surface area contributed by atoms with Gasteiger partial charge >= 0.3 is 0 Å². The molecule has 80 valence electrons. The smallest absolute Gasteiger partial charge is 0.135 e. The average molecular weight is 208 g/mol. The van der Waals surface area contributed by atoms with Gasteiger partial charge in [0, 0.05) is 16.7 Å². The highest BCUT2D eigenvalue weighted by molar-refractivity contribution is 6.14. The molecule has 0 aliphatic rings. The zero-order chi connectivity index (χ0) is 10.5. The van der Waals surface area contributed by atoms with Crippen LogP contribution in [-0.2, 0) is 14.5 Å². The van der Waals surface area contributed by atoms with Gasteiger partial charge < -0.3 is 0 Å². The van der Waals surface area contributed by atoms with Crippen molar-refractivity contribution in [1.29, 1.82) is 0 Å². The van der Waals surface area contributed by atoms with Crippen molar-refractivity contribution in [1.82, 2.24) is 0 Å². The first-order valence-electron chi connectivity index (χ1n) is 4.44. The highest BCUT2D eigenvalue weighted by Gasteiger charge is 2.32. The Kier molecular flexibility index (Phi) is 5.09. The van der Waals surface area contributed by atoms with E-state index in [0.717, 1.165) is 16.7 Å². The van der Waals surface area contributed by atoms with E-state index in [1.807, 2.05) is 0 Å². The second-order valence-corrected chi connectivity index (χ2v) is 6.90. The fourth-order valence-corrected chi connectivity index (χ4v) is 1.19. The van der Waals surface area contributed by atoms with Gasteiger partial charge in [-0.3, -0.25) is 0 Å². The lowest BCUT2D eigenvalue weighted by atomic mass is 10.1. The maximum Gasteiger partial charge on any atom is 0.178 e. The van der Waals surface area contributed by atoms with Gasteiger partial charge in [0.2, 0.25) is 0 Å². The van der Waals surface area contributed by atoms with Crippen LogP contribution in [0.1, 0.15) is 20.3 Å². The first-order valence-corrected chi connectivity index (χ1v) is 5.44. The molecule has 0 aliphatic heterocycles. The van der Waals surface area contributed by atoms with Gasteiger partial charge in [-0.05, 0) is 5.04 Å². The van der Waals surface area contributed by atoms with Crippen LogP contribution in [0.2, 0.25) is 5.04 Å². The summed E-state index contributed by atoms with van der Waals surface area (Å²) in [4.78, 5) is 15.2. The fraction of sp³-hybridized carbons (Fsp3) is 1.00. The summed E-state index contributed by atoms with van der Waals surface area (Å²) in [6.07, 6.45) is 1.02. The molecule has 0 aromatic rings. The number of rotatable bonds is 6. The SMILES string of the molecule is CO[N+](CCC(C)(C)[SiH3])(OC)OC. The normalized spacial score (nSPS) is 13.6. The molecule has 0 aliphatic carbocycles. The maximum absolute atomic E-state index is 5.14. The third-order valence-electron chi connectivity index (χ3n) is 1.97. The van der Waals surface area contributed by atoms with Crippen molar-refractivity contribution < 1.29 is 19.5 Å². The van der Waals surface area contributed by atoms with E-state index >= 15 is 0 Å². The van der Waals surface area contributed by atoms with Crippen LogP contribution in [0.25, 0.3) is 0 Å². The van der Waals surface area contributed by atoms with E-state index in [4.69, 9.17) is 14.5 Å². The van der Waals surface area contributed by atoms with Crippen molar-refractivity contribution in [2.75, 3.05) is 27.9 Å². The standard InChI is InChI=1S/C8H22NO3Si/c1-8(2,13)6-7-9(10-3,11-4)12-5/h6-7H2,1-5,13H3/q+1. The van der Waals surface area contributed by atoms with Crippen LogP contribution in [0, 0.1) is 0 Å². The Balaban J connectivity index is 4.11. The van der Waals surface area contributed by atoms with Crippen molar-refractivity contribution in [3.05, 3.63) is 0 Å². The number of hydrogen-bond donors (Lipinski definition) is 0. The molecular weight excluding hydrogens is 186 g/mol. The van der Waals surface area contributed by atoms with Gasteiger partial charge in [-0.15, -0.1) is 14.5 Å². The Labute approximate surface area is 83.6 Å². The molecule has 4 nitrogen and oxygen atoms in total. The summed E-state index contributed by atoms with van der Waals surface area (Å²) in [7, 11) is 5.88. The molecule has 5 heteroatoms. The molecule has 0 aromatic heterocycles. The molecule has 0 spiro atoms. The van der Waals surface area contributed by atoms with Crippen LogP contribution in [0.5, 0.6) is 0 Å². The number of hydroxylamine groups is 3. The van der Waals surface area contributed by atoms with Gasteiger partial charge in [-0.1, -0.05) is 13.8 Å². The summed E-state index contributed by atoms with van der Waals surface area (Å²) in [5.41, 5.74) is 0. The Morgan fingerprint density at radius 3 is 1.69 bits per heavy atom. The zero-order valence-corrected chi connectivity index (χ0v) is 11.6. The van der Waals surface area contributed by atoms with Crippen LogP contribution >= 0.6 is 0 Å². The van der Waals surface area contributed by atoms with Gasteiger partial charge in [-0.2, -0.15) is 0 Å². The van der Waals surface area contributed by atoms with E-state index in [2.05, 4.69) is 13.8 Å². The molecule has 0 aromatic carbocycles. The van der Waals surface area contributed by atoms with Crippen LogP contribution in [0.15, 0.2) is 0 Å². The second kappa shape index (κ2) is 5.07. The van der Waals surface area contributed by atoms with Crippen LogP contribution in [0.4, 0.5) is 0 Å². The van der Waals surface area contributed by atoms with Crippen LogP contribution < -0.4 is 0 Å². The van der Waals surface area contributed by atoms with Crippen molar-refractivity contribution in [2.24, 2.45) is 0 Å². The third-order valence-corrected chi connectivity index (χ3v) is 2.47. The molecule has 0 unspecified atom stereocenters. The molecule has 0 atom stereocenters. The average Bonchev–Trinajstić information content (AvgIpc) is 2.06. The maximum atomic E-state index is 5.14. The molecular formula is C8H22NO3Si+. The van der Waals surface area contributed by atoms with E-state index < -0.39 is 0 Å². The lowest BCUT2D eigenvalue weighted by Crippen LogP contribution is -2.46. The quantitative estimate of drug-likeness (QED) is 0.360. The molecule has 0 saturated carbocycles. The number of quaternary nitrogens is 1. The molecule has 0 radical (unpaired) electrons. The minimum Gasteiger partial charge on any atom is -0.135 e. The topological polar surface area (TPSA) is 27.7 Å². The van der Waals surface area contributed by atoms with Gasteiger partial charge in [-0.25, -0.2) is 0 Å². The Morgan fingerprint density at radius 2 is 1.46 bits per heavy atom. The number of hydrogen-bond acceptors (Lipinski definition) is 3. The van der Waals surface area contributed by atoms with E-state index in [9.17, 15) is 0 Å². The summed E-state index contributed by atoms with van der Waals surface area (Å²) >= 11 is 0. The van der Waals surface area contributed by atoms with E-state index in [1.54, 1.807) is 21.3 Å². The van der Waals surface area contributed by atoms with Crippen LogP contribution in [-0.4, -0.2) is 43.1 Å². The fourth-order valence-electron chi connectivity index (χ4n) is 0.970. The summed E-state index contributed by atoms with van der Waals surface area (Å²) in [6, 6.07) is 0. The number of nitrogens with zero attached hydrogens (tertiary/aromatic N) is 1. The molecule has 0 bridgehead atoms. The highest BCUT2D eigenvalue weighted by Crippen LogP contribution is 2.25. The van der Waals surface area contributed by atoms with Gasteiger partial charge in [0.15, 0.2) is 6.54 Å². The van der Waals surface area contributed by atoms with E-state index in [0.29, 0.717) is 11.6 Å². The highest BCUT2D eigenvalue weighted by atomic mass is 28.1. The third kappa shape index (κ3) is 4.73. The Hall–Kier alpha value is 0.0569. The molecule has 0 amide bonds. The Morgan fingerprint density at radius 1 is 1.08 bits per heavy atom. The van der Waals surface area contributed by atoms with Crippen molar-refractivity contribution in [3.8, 4) is 0 Å². The first kappa shape index (κ1) is 13.1. The van der Waals surface area contributed by atoms with E-state index in [-0.39, 0.29) is 4.97 Å². The summed E-state index contributed by atoms with van der Waals surface area (Å²) in [6.45, 7) is 5.17. The van der Waals surface area contributed by atoms with E-state index in [1.165, 1.54) is 0 Å². The zero-order valence-electron chi connectivity index (χ0n) is 9.59. The van der Waals surface area contributed by atoms with Crippen molar-refractivity contribution in [2.45, 2.75) is 25.3 Å². The predicted molar refractivity (Wildman–Crippen MR) is 54.8 cm³/mol. The first-order chi connectivity index (χ1) is 5.89. The largest absolute Gasteiger partial charge is 0.178 e. The minimum absolute atomic E-state index is 0.189. The Bertz CT molecular complexity index is 135. The van der Waals surface area contributed by atoms with Crippen molar-refractivity contribution >= 4 is 10.2 Å². The summed E-state index contributed by atoms with van der Waals surface area (Å²) in [5, 5.41) is 0.388. The second-order valence-electron chi connectivity index (χ2n) is 4.19. The molecule has 0 N–H and O–H groups in total.